The summed E-state index contributed by atoms with van der Waals surface area (Å²) in [6.07, 6.45) is -0.905. The fraction of sp³-hybridized carbons (Fsp3) is 0.324. The van der Waals surface area contributed by atoms with Crippen molar-refractivity contribution in [3.8, 4) is 23.0 Å². The predicted octanol–water partition coefficient (Wildman–Crippen LogP) is 6.85. The van der Waals surface area contributed by atoms with E-state index >= 15 is 4.39 Å². The van der Waals surface area contributed by atoms with Crippen LogP contribution in [0.15, 0.2) is 66.9 Å². The highest BCUT2D eigenvalue weighted by Gasteiger charge is 2.30. The Kier molecular flexibility index (Phi) is 12.0. The van der Waals surface area contributed by atoms with Crippen LogP contribution in [0.2, 0.25) is 0 Å². The maximum Gasteiger partial charge on any atom is 0.416 e. The average molecular weight is 657 g/mol. The topological polar surface area (TPSA) is 111 Å². The predicted molar refractivity (Wildman–Crippen MR) is 169 cm³/mol. The average Bonchev–Trinajstić information content (AvgIpc) is 3.08. The summed E-state index contributed by atoms with van der Waals surface area (Å²) in [7, 11) is 1.52. The molecule has 0 unspecified atom stereocenters. The Morgan fingerprint density at radius 2 is 1.64 bits per heavy atom. The molecule has 0 aliphatic carbocycles. The number of alkyl halides is 3. The third kappa shape index (κ3) is 9.32. The summed E-state index contributed by atoms with van der Waals surface area (Å²) >= 11 is 0. The zero-order chi connectivity index (χ0) is 34.0. The van der Waals surface area contributed by atoms with Crippen LogP contribution in [-0.4, -0.2) is 43.6 Å². The van der Waals surface area contributed by atoms with E-state index in [-0.39, 0.29) is 18.0 Å². The summed E-state index contributed by atoms with van der Waals surface area (Å²) in [6, 6.07) is 12.8. The summed E-state index contributed by atoms with van der Waals surface area (Å²) in [5.74, 6) is -1.32. The van der Waals surface area contributed by atoms with Gasteiger partial charge >= 0.3 is 18.0 Å². The zero-order valence-electron chi connectivity index (χ0n) is 26.2. The van der Waals surface area contributed by atoms with Crippen molar-refractivity contribution in [2.45, 2.75) is 39.4 Å². The van der Waals surface area contributed by atoms with Crippen LogP contribution in [0, 0.1) is 11.7 Å². The van der Waals surface area contributed by atoms with Crippen molar-refractivity contribution in [1.82, 2.24) is 15.6 Å². The fourth-order valence-corrected chi connectivity index (χ4v) is 4.79. The molecule has 2 amide bonds. The first-order chi connectivity index (χ1) is 22.6. The van der Waals surface area contributed by atoms with Crippen LogP contribution < -0.4 is 30.2 Å². The highest BCUT2D eigenvalue weighted by molar-refractivity contribution is 6.39. The molecule has 0 saturated carbocycles. The van der Waals surface area contributed by atoms with Crippen LogP contribution in [-0.2, 0) is 22.3 Å². The third-order valence-corrected chi connectivity index (χ3v) is 7.27. The second-order valence-electron chi connectivity index (χ2n) is 10.4. The third-order valence-electron chi connectivity index (χ3n) is 7.27. The highest BCUT2D eigenvalue weighted by atomic mass is 19.4. The van der Waals surface area contributed by atoms with E-state index in [4.69, 9.17) is 14.2 Å². The molecule has 5 rings (SSSR count). The lowest BCUT2D eigenvalue weighted by Gasteiger charge is -2.23. The summed E-state index contributed by atoms with van der Waals surface area (Å²) in [5.41, 5.74) is 0.0779. The SMILES string of the molecule is CC.COc1cc2c(Oc3ccc(NC(=O)C(=O)NCc4ccc(C(F)(F)F)cc4)cc3F)ccnc2cc1OCC1CCNCC1. The minimum absolute atomic E-state index is 0.00803. The minimum atomic E-state index is -4.48. The number of ether oxygens (including phenoxy) is 3. The van der Waals surface area contributed by atoms with Gasteiger partial charge in [-0.25, -0.2) is 4.39 Å². The molecule has 3 aromatic carbocycles. The van der Waals surface area contributed by atoms with Crippen molar-refractivity contribution in [1.29, 1.82) is 0 Å². The molecule has 47 heavy (non-hydrogen) atoms. The van der Waals surface area contributed by atoms with Crippen molar-refractivity contribution in [3.05, 3.63) is 83.8 Å². The number of carbonyl (C=O) groups is 2. The molecule has 1 aliphatic rings. The number of benzene rings is 3. The number of piperidine rings is 1. The number of amides is 2. The number of rotatable bonds is 9. The van der Waals surface area contributed by atoms with Gasteiger partial charge in [0.05, 0.1) is 24.8 Å². The van der Waals surface area contributed by atoms with Crippen molar-refractivity contribution >= 4 is 28.4 Å². The van der Waals surface area contributed by atoms with E-state index < -0.39 is 29.4 Å². The number of nitrogens with one attached hydrogen (secondary N) is 3. The smallest absolute Gasteiger partial charge is 0.416 e. The Balaban J connectivity index is 0.00000245. The Morgan fingerprint density at radius 1 is 0.915 bits per heavy atom. The van der Waals surface area contributed by atoms with Gasteiger partial charge in [0.25, 0.3) is 0 Å². The fourth-order valence-electron chi connectivity index (χ4n) is 4.79. The van der Waals surface area contributed by atoms with Gasteiger partial charge in [-0.05, 0) is 73.8 Å². The number of fused-ring (bicyclic) bond motifs is 1. The maximum atomic E-state index is 15.0. The number of aromatic nitrogens is 1. The van der Waals surface area contributed by atoms with Gasteiger partial charge in [-0.1, -0.05) is 26.0 Å². The van der Waals surface area contributed by atoms with Crippen molar-refractivity contribution in [2.75, 3.05) is 32.1 Å². The summed E-state index contributed by atoms with van der Waals surface area (Å²) in [5, 5.41) is 8.49. The molecule has 0 spiro atoms. The van der Waals surface area contributed by atoms with E-state index in [1.807, 2.05) is 13.8 Å². The molecule has 1 aromatic heterocycles. The maximum absolute atomic E-state index is 15.0. The Hall–Kier alpha value is -4.91. The van der Waals surface area contributed by atoms with Crippen LogP contribution in [0.3, 0.4) is 0 Å². The second-order valence-corrected chi connectivity index (χ2v) is 10.4. The number of hydrogen-bond acceptors (Lipinski definition) is 7. The molecule has 0 atom stereocenters. The van der Waals surface area contributed by atoms with Crippen LogP contribution in [0.1, 0.15) is 37.8 Å². The van der Waals surface area contributed by atoms with Crippen LogP contribution in [0.5, 0.6) is 23.0 Å². The number of carbonyl (C=O) groups excluding carboxylic acids is 2. The van der Waals surface area contributed by atoms with Crippen molar-refractivity contribution < 1.29 is 41.4 Å². The molecule has 13 heteroatoms. The number of hydrogen-bond donors (Lipinski definition) is 3. The van der Waals surface area contributed by atoms with E-state index in [0.29, 0.717) is 46.2 Å². The van der Waals surface area contributed by atoms with Crippen LogP contribution in [0.4, 0.5) is 23.2 Å². The Bertz CT molecular complexity index is 1680. The van der Waals surface area contributed by atoms with Crippen molar-refractivity contribution in [2.24, 2.45) is 5.92 Å². The molecule has 1 aliphatic heterocycles. The highest BCUT2D eigenvalue weighted by Crippen LogP contribution is 2.38. The quantitative estimate of drug-likeness (QED) is 0.134. The second kappa shape index (κ2) is 16.1. The van der Waals surface area contributed by atoms with Crippen LogP contribution >= 0.6 is 0 Å². The summed E-state index contributed by atoms with van der Waals surface area (Å²) in [6.45, 7) is 6.29. The molecule has 3 N–H and O–H groups in total. The first-order valence-electron chi connectivity index (χ1n) is 15.1. The normalized spacial score (nSPS) is 13.3. The molecule has 4 aromatic rings. The molecule has 0 bridgehead atoms. The van der Waals surface area contributed by atoms with Gasteiger partial charge in [0.1, 0.15) is 5.75 Å². The van der Waals surface area contributed by atoms with Gasteiger partial charge in [-0.3, -0.25) is 14.6 Å². The van der Waals surface area contributed by atoms with Gasteiger partial charge in [-0.2, -0.15) is 13.2 Å². The lowest BCUT2D eigenvalue weighted by molar-refractivity contribution is -0.137. The molecular weight excluding hydrogens is 620 g/mol. The summed E-state index contributed by atoms with van der Waals surface area (Å²) < 4.78 is 70.7. The standard InChI is InChI=1S/C32H30F4N4O5.C2H6/c1-43-28-15-23-25(16-29(28)44-18-20-8-11-37-12-9-20)38-13-10-26(23)45-27-7-6-22(14-24(27)33)40-31(42)30(41)39-17-19-2-4-21(5-3-19)32(34,35)36;1-2/h2-7,10,13-16,20,37H,8-9,11-12,17-18H2,1H3,(H,39,41)(H,40,42);1-2H3. The molecular formula is C34H36F4N4O5. The molecule has 0 radical (unpaired) electrons. The number of pyridine rings is 1. The Labute approximate surface area is 269 Å². The lowest BCUT2D eigenvalue weighted by Crippen LogP contribution is -2.35. The Morgan fingerprint density at radius 3 is 2.30 bits per heavy atom. The lowest BCUT2D eigenvalue weighted by atomic mass is 9.99. The molecule has 1 fully saturated rings. The van der Waals surface area contributed by atoms with Gasteiger partial charge in [0, 0.05) is 35.9 Å². The molecule has 250 valence electrons. The van der Waals surface area contributed by atoms with Gasteiger partial charge < -0.3 is 30.2 Å². The summed E-state index contributed by atoms with van der Waals surface area (Å²) in [4.78, 5) is 28.9. The van der Waals surface area contributed by atoms with Crippen LogP contribution in [0.25, 0.3) is 10.9 Å². The minimum Gasteiger partial charge on any atom is -0.493 e. The van der Waals surface area contributed by atoms with E-state index in [2.05, 4.69) is 20.9 Å². The van der Waals surface area contributed by atoms with Gasteiger partial charge in [0.15, 0.2) is 23.1 Å². The monoisotopic (exact) mass is 656 g/mol. The van der Waals surface area contributed by atoms with Gasteiger partial charge in [-0.15, -0.1) is 0 Å². The van der Waals surface area contributed by atoms with E-state index in [1.165, 1.54) is 37.6 Å². The number of nitrogens with zero attached hydrogens (tertiary/aromatic N) is 1. The number of halogens is 4. The van der Waals surface area contributed by atoms with E-state index in [9.17, 15) is 22.8 Å². The van der Waals surface area contributed by atoms with E-state index in [1.54, 1.807) is 18.2 Å². The number of methoxy groups -OCH3 is 1. The van der Waals surface area contributed by atoms with Gasteiger partial charge in [0.2, 0.25) is 0 Å². The van der Waals surface area contributed by atoms with E-state index in [0.717, 1.165) is 44.1 Å². The first kappa shape index (κ1) is 35.0. The molecule has 1 saturated heterocycles. The molecule has 2 heterocycles. The van der Waals surface area contributed by atoms with Crippen molar-refractivity contribution in [3.63, 3.8) is 0 Å². The number of anilines is 1. The largest absolute Gasteiger partial charge is 0.493 e. The molecule has 9 nitrogen and oxygen atoms in total. The zero-order valence-corrected chi connectivity index (χ0v) is 26.2. The first-order valence-corrected chi connectivity index (χ1v) is 15.1.